The highest BCUT2D eigenvalue weighted by Crippen LogP contribution is 2.17. The van der Waals surface area contributed by atoms with Crippen molar-refractivity contribution in [3.63, 3.8) is 0 Å². The van der Waals surface area contributed by atoms with Gasteiger partial charge in [0.2, 0.25) is 0 Å². The van der Waals surface area contributed by atoms with Gasteiger partial charge in [-0.15, -0.1) is 0 Å². The lowest BCUT2D eigenvalue weighted by Crippen LogP contribution is -2.17. The zero-order valence-corrected chi connectivity index (χ0v) is 12.8. The Morgan fingerprint density at radius 2 is 1.81 bits per heavy atom. The van der Waals surface area contributed by atoms with Gasteiger partial charge in [-0.25, -0.2) is 4.39 Å². The number of rotatable bonds is 7. The first-order valence-corrected chi connectivity index (χ1v) is 7.44. The van der Waals surface area contributed by atoms with Gasteiger partial charge in [-0.05, 0) is 48.4 Å². The Morgan fingerprint density at radius 3 is 2.48 bits per heavy atom. The fraction of sp³-hybridized carbons (Fsp3) is 0.333. The van der Waals surface area contributed by atoms with Crippen LogP contribution in [0.5, 0.6) is 0 Å². The molecular formula is C18H23FN2. The van der Waals surface area contributed by atoms with E-state index in [0.29, 0.717) is 6.54 Å². The smallest absolute Gasteiger partial charge is 0.123 e. The van der Waals surface area contributed by atoms with Crippen LogP contribution in [-0.4, -0.2) is 13.6 Å². The molecule has 0 saturated carbocycles. The third-order valence-corrected chi connectivity index (χ3v) is 3.44. The summed E-state index contributed by atoms with van der Waals surface area (Å²) in [6, 6.07) is 15.3. The highest BCUT2D eigenvalue weighted by Gasteiger charge is 2.03. The topological polar surface area (TPSA) is 15.3 Å². The summed E-state index contributed by atoms with van der Waals surface area (Å²) < 4.78 is 13.2. The first-order chi connectivity index (χ1) is 10.2. The van der Waals surface area contributed by atoms with Crippen molar-refractivity contribution >= 4 is 5.69 Å². The summed E-state index contributed by atoms with van der Waals surface area (Å²) in [6.07, 6.45) is 1.15. The summed E-state index contributed by atoms with van der Waals surface area (Å²) in [5.74, 6) is -0.182. The molecule has 21 heavy (non-hydrogen) atoms. The van der Waals surface area contributed by atoms with E-state index < -0.39 is 0 Å². The molecule has 0 heterocycles. The molecule has 2 aromatic carbocycles. The van der Waals surface area contributed by atoms with Crippen molar-refractivity contribution in [2.24, 2.45) is 0 Å². The Balaban J connectivity index is 1.94. The van der Waals surface area contributed by atoms with Gasteiger partial charge < -0.3 is 10.2 Å². The van der Waals surface area contributed by atoms with E-state index in [1.165, 1.54) is 11.6 Å². The average Bonchev–Trinajstić information content (AvgIpc) is 2.48. The number of anilines is 1. The maximum Gasteiger partial charge on any atom is 0.123 e. The molecule has 0 fully saturated rings. The molecule has 2 nitrogen and oxygen atoms in total. The summed E-state index contributed by atoms with van der Waals surface area (Å²) in [6.45, 7) is 4.81. The van der Waals surface area contributed by atoms with Gasteiger partial charge in [-0.1, -0.05) is 31.2 Å². The third kappa shape index (κ3) is 4.87. The highest BCUT2D eigenvalue weighted by molar-refractivity contribution is 5.47. The van der Waals surface area contributed by atoms with Gasteiger partial charge in [0.1, 0.15) is 5.82 Å². The molecule has 1 N–H and O–H groups in total. The molecule has 0 unspecified atom stereocenters. The van der Waals surface area contributed by atoms with Gasteiger partial charge in [-0.2, -0.15) is 0 Å². The second kappa shape index (κ2) is 7.79. The average molecular weight is 286 g/mol. The molecule has 0 aliphatic carbocycles. The van der Waals surface area contributed by atoms with Crippen LogP contribution in [-0.2, 0) is 13.1 Å². The van der Waals surface area contributed by atoms with Crippen molar-refractivity contribution in [2.45, 2.75) is 26.4 Å². The lowest BCUT2D eigenvalue weighted by atomic mass is 10.1. The molecular weight excluding hydrogens is 263 g/mol. The van der Waals surface area contributed by atoms with Crippen molar-refractivity contribution in [1.82, 2.24) is 5.32 Å². The van der Waals surface area contributed by atoms with Crippen molar-refractivity contribution in [3.05, 3.63) is 65.5 Å². The summed E-state index contributed by atoms with van der Waals surface area (Å²) in [4.78, 5) is 2.12. The Labute approximate surface area is 126 Å². The predicted octanol–water partition coefficient (Wildman–Crippen LogP) is 3.96. The van der Waals surface area contributed by atoms with E-state index in [4.69, 9.17) is 0 Å². The normalized spacial score (nSPS) is 10.6. The SMILES string of the molecule is CCCNCc1ccc(N(C)Cc2cccc(F)c2)cc1. The summed E-state index contributed by atoms with van der Waals surface area (Å²) >= 11 is 0. The first kappa shape index (κ1) is 15.5. The number of nitrogens with one attached hydrogen (secondary N) is 1. The van der Waals surface area contributed by atoms with Crippen molar-refractivity contribution in [3.8, 4) is 0 Å². The van der Waals surface area contributed by atoms with Crippen molar-refractivity contribution < 1.29 is 4.39 Å². The zero-order valence-electron chi connectivity index (χ0n) is 12.8. The summed E-state index contributed by atoms with van der Waals surface area (Å²) in [5, 5.41) is 3.39. The summed E-state index contributed by atoms with van der Waals surface area (Å²) in [7, 11) is 2.02. The van der Waals surface area contributed by atoms with Crippen LogP contribution in [0.3, 0.4) is 0 Å². The van der Waals surface area contributed by atoms with Crippen molar-refractivity contribution in [1.29, 1.82) is 0 Å². The van der Waals surface area contributed by atoms with E-state index in [1.54, 1.807) is 12.1 Å². The zero-order chi connectivity index (χ0) is 15.1. The van der Waals surface area contributed by atoms with Crippen LogP contribution in [0.25, 0.3) is 0 Å². The Hall–Kier alpha value is -1.87. The molecule has 2 aromatic rings. The van der Waals surface area contributed by atoms with Crippen LogP contribution in [0, 0.1) is 5.82 Å². The first-order valence-electron chi connectivity index (χ1n) is 7.44. The van der Waals surface area contributed by atoms with Gasteiger partial charge in [0, 0.05) is 25.8 Å². The van der Waals surface area contributed by atoms with Crippen LogP contribution in [0.1, 0.15) is 24.5 Å². The van der Waals surface area contributed by atoms with Crippen LogP contribution in [0.2, 0.25) is 0 Å². The number of benzene rings is 2. The lowest BCUT2D eigenvalue weighted by molar-refractivity contribution is 0.625. The fourth-order valence-electron chi connectivity index (χ4n) is 2.28. The fourth-order valence-corrected chi connectivity index (χ4v) is 2.28. The lowest BCUT2D eigenvalue weighted by Gasteiger charge is -2.20. The third-order valence-electron chi connectivity index (χ3n) is 3.44. The Kier molecular flexibility index (Phi) is 5.76. The van der Waals surface area contributed by atoms with Gasteiger partial charge in [0.15, 0.2) is 0 Å². The van der Waals surface area contributed by atoms with E-state index in [2.05, 4.69) is 41.4 Å². The maximum absolute atomic E-state index is 13.2. The van der Waals surface area contributed by atoms with Gasteiger partial charge in [-0.3, -0.25) is 0 Å². The molecule has 0 aromatic heterocycles. The van der Waals surface area contributed by atoms with Gasteiger partial charge in [0.25, 0.3) is 0 Å². The van der Waals surface area contributed by atoms with Crippen LogP contribution in [0.15, 0.2) is 48.5 Å². The minimum Gasteiger partial charge on any atom is -0.370 e. The number of halogens is 1. The Morgan fingerprint density at radius 1 is 1.05 bits per heavy atom. The molecule has 0 aliphatic heterocycles. The quantitative estimate of drug-likeness (QED) is 0.775. The van der Waals surface area contributed by atoms with Crippen LogP contribution < -0.4 is 10.2 Å². The molecule has 3 heteroatoms. The van der Waals surface area contributed by atoms with E-state index in [1.807, 2.05) is 13.1 Å². The van der Waals surface area contributed by atoms with Crippen LogP contribution >= 0.6 is 0 Å². The minimum atomic E-state index is -0.182. The molecule has 0 amide bonds. The molecule has 112 valence electrons. The predicted molar refractivity (Wildman–Crippen MR) is 86.9 cm³/mol. The van der Waals surface area contributed by atoms with E-state index in [0.717, 1.165) is 30.8 Å². The largest absolute Gasteiger partial charge is 0.370 e. The second-order valence-electron chi connectivity index (χ2n) is 5.33. The second-order valence-corrected chi connectivity index (χ2v) is 5.33. The van der Waals surface area contributed by atoms with E-state index in [9.17, 15) is 4.39 Å². The van der Waals surface area contributed by atoms with E-state index >= 15 is 0 Å². The van der Waals surface area contributed by atoms with Gasteiger partial charge >= 0.3 is 0 Å². The molecule has 0 aliphatic rings. The summed E-state index contributed by atoms with van der Waals surface area (Å²) in [5.41, 5.74) is 3.40. The Bertz CT molecular complexity index is 551. The monoisotopic (exact) mass is 286 g/mol. The van der Waals surface area contributed by atoms with Crippen LogP contribution in [0.4, 0.5) is 10.1 Å². The molecule has 2 rings (SSSR count). The number of hydrogen-bond acceptors (Lipinski definition) is 2. The number of hydrogen-bond donors (Lipinski definition) is 1. The number of nitrogens with zero attached hydrogens (tertiary/aromatic N) is 1. The van der Waals surface area contributed by atoms with Crippen molar-refractivity contribution in [2.75, 3.05) is 18.5 Å². The minimum absolute atomic E-state index is 0.182. The standard InChI is InChI=1S/C18H23FN2/c1-3-11-20-13-15-7-9-18(10-8-15)21(2)14-16-5-4-6-17(19)12-16/h4-10,12,20H,3,11,13-14H2,1-2H3. The maximum atomic E-state index is 13.2. The molecule has 0 saturated heterocycles. The molecule has 0 radical (unpaired) electrons. The molecule has 0 bridgehead atoms. The molecule has 0 spiro atoms. The van der Waals surface area contributed by atoms with Gasteiger partial charge in [0.05, 0.1) is 0 Å². The highest BCUT2D eigenvalue weighted by atomic mass is 19.1. The molecule has 0 atom stereocenters. The van der Waals surface area contributed by atoms with E-state index in [-0.39, 0.29) is 5.82 Å².